The molecule has 11 heteroatoms. The summed E-state index contributed by atoms with van der Waals surface area (Å²) in [7, 11) is 0. The maximum absolute atomic E-state index is 14.3. The number of aliphatic imine (C=N–C) groups is 1. The molecule has 200 valence electrons. The van der Waals surface area contributed by atoms with Gasteiger partial charge in [0.25, 0.3) is 0 Å². The van der Waals surface area contributed by atoms with E-state index in [-0.39, 0.29) is 11.6 Å². The van der Waals surface area contributed by atoms with Gasteiger partial charge in [-0.05, 0) is 61.7 Å². The monoisotopic (exact) mass is 540 g/mol. The molecule has 2 N–H and O–H groups in total. The van der Waals surface area contributed by atoms with E-state index >= 15 is 0 Å². The average Bonchev–Trinajstić information content (AvgIpc) is 3.25. The highest BCUT2D eigenvalue weighted by atomic mass is 32.2. The Morgan fingerprint density at radius 3 is 2.82 bits per heavy atom. The fourth-order valence-electron chi connectivity index (χ4n) is 4.98. The van der Waals surface area contributed by atoms with Crippen LogP contribution < -0.4 is 10.1 Å². The number of benzene rings is 2. The first-order valence-electron chi connectivity index (χ1n) is 12.6. The summed E-state index contributed by atoms with van der Waals surface area (Å²) in [6.45, 7) is 3.30. The molecule has 8 nitrogen and oxygen atoms in total. The predicted octanol–water partition coefficient (Wildman–Crippen LogP) is 4.24. The quantitative estimate of drug-likeness (QED) is 0.277. The van der Waals surface area contributed by atoms with E-state index in [1.807, 2.05) is 6.07 Å². The van der Waals surface area contributed by atoms with Gasteiger partial charge in [-0.3, -0.25) is 10.3 Å². The maximum Gasteiger partial charge on any atom is 0.229 e. The second-order valence-electron chi connectivity index (χ2n) is 9.53. The Morgan fingerprint density at radius 1 is 1.26 bits per heavy atom. The molecule has 5 rings (SSSR count). The average molecular weight is 541 g/mol. The minimum absolute atomic E-state index is 0.0280. The molecule has 0 saturated carbocycles. The number of hydrogen-bond acceptors (Lipinski definition) is 5. The van der Waals surface area contributed by atoms with Gasteiger partial charge in [-0.2, -0.15) is 5.10 Å². The summed E-state index contributed by atoms with van der Waals surface area (Å²) < 4.78 is 46.6. The lowest BCUT2D eigenvalue weighted by Crippen LogP contribution is -2.36. The molecule has 0 aliphatic carbocycles. The van der Waals surface area contributed by atoms with Gasteiger partial charge < -0.3 is 14.6 Å². The van der Waals surface area contributed by atoms with E-state index in [1.54, 1.807) is 12.5 Å². The van der Waals surface area contributed by atoms with Crippen molar-refractivity contribution in [3.05, 3.63) is 65.4 Å². The Morgan fingerprint density at radius 2 is 2.08 bits per heavy atom. The van der Waals surface area contributed by atoms with Crippen molar-refractivity contribution in [3.63, 3.8) is 0 Å². The minimum Gasteiger partial charge on any atom is -0.617 e. The van der Waals surface area contributed by atoms with Crippen molar-refractivity contribution < 1.29 is 18.1 Å². The molecule has 0 radical (unpaired) electrons. The highest BCUT2D eigenvalue weighted by Gasteiger charge is 2.25. The normalized spacial score (nSPS) is 17.2. The van der Waals surface area contributed by atoms with E-state index in [0.29, 0.717) is 24.7 Å². The Labute approximate surface area is 223 Å². The van der Waals surface area contributed by atoms with E-state index < -0.39 is 22.8 Å². The number of hydrogen-bond donors (Lipinski definition) is 2. The Kier molecular flexibility index (Phi) is 8.06. The van der Waals surface area contributed by atoms with Crippen LogP contribution in [0.2, 0.25) is 0 Å². The molecule has 38 heavy (non-hydrogen) atoms. The van der Waals surface area contributed by atoms with Crippen LogP contribution in [0.25, 0.3) is 11.3 Å². The van der Waals surface area contributed by atoms with Crippen LogP contribution in [0.5, 0.6) is 5.75 Å². The molecule has 2 aliphatic heterocycles. The first-order chi connectivity index (χ1) is 18.4. The smallest absolute Gasteiger partial charge is 0.229 e. The predicted molar refractivity (Wildman–Crippen MR) is 146 cm³/mol. The van der Waals surface area contributed by atoms with Gasteiger partial charge in [0, 0.05) is 36.4 Å². The summed E-state index contributed by atoms with van der Waals surface area (Å²) >= 11 is -0.777. The SMILES string of the molecule is C[S+]([O-])CCN1CCC(c2ccc3c(c2)-c2nn(/C(=N/C=N)Nc4ccc(F)cc4F)cc2CCO3)CC1. The third kappa shape index (κ3) is 5.90. The Bertz CT molecular complexity index is 1340. The number of halogens is 2. The number of likely N-dealkylation sites (tertiary alicyclic amines) is 1. The maximum atomic E-state index is 14.3. The molecular weight excluding hydrogens is 510 g/mol. The highest BCUT2D eigenvalue weighted by Crippen LogP contribution is 2.38. The number of nitrogens with one attached hydrogen (secondary N) is 2. The molecule has 1 aromatic heterocycles. The molecule has 3 heterocycles. The second-order valence-corrected chi connectivity index (χ2v) is 11.1. The Balaban J connectivity index is 1.40. The van der Waals surface area contributed by atoms with Gasteiger partial charge in [0.2, 0.25) is 5.96 Å². The lowest BCUT2D eigenvalue weighted by Gasteiger charge is -2.32. The van der Waals surface area contributed by atoms with Gasteiger partial charge >= 0.3 is 0 Å². The van der Waals surface area contributed by atoms with Gasteiger partial charge in [0.05, 0.1) is 24.2 Å². The van der Waals surface area contributed by atoms with Gasteiger partial charge in [-0.1, -0.05) is 17.2 Å². The summed E-state index contributed by atoms with van der Waals surface area (Å²) in [6.07, 6.45) is 7.07. The number of rotatable bonds is 6. The van der Waals surface area contributed by atoms with Crippen molar-refractivity contribution in [2.24, 2.45) is 4.99 Å². The molecule has 1 atom stereocenters. The van der Waals surface area contributed by atoms with Crippen LogP contribution in [0.1, 0.15) is 29.9 Å². The third-order valence-corrected chi connectivity index (χ3v) is 7.77. The van der Waals surface area contributed by atoms with E-state index in [9.17, 15) is 13.3 Å². The topological polar surface area (TPSA) is 102 Å². The lowest BCUT2D eigenvalue weighted by atomic mass is 9.88. The van der Waals surface area contributed by atoms with Gasteiger partial charge in [-0.25, -0.2) is 18.5 Å². The number of piperidine rings is 1. The number of nitrogens with zero attached hydrogens (tertiary/aromatic N) is 4. The van der Waals surface area contributed by atoms with Gasteiger partial charge in [-0.15, -0.1) is 0 Å². The number of aromatic nitrogens is 2. The second kappa shape index (κ2) is 11.6. The molecule has 0 amide bonds. The van der Waals surface area contributed by atoms with Crippen molar-refractivity contribution in [1.29, 1.82) is 5.41 Å². The molecule has 2 aliphatic rings. The summed E-state index contributed by atoms with van der Waals surface area (Å²) in [5.41, 5.74) is 3.84. The van der Waals surface area contributed by atoms with Crippen molar-refractivity contribution in [3.8, 4) is 17.0 Å². The van der Waals surface area contributed by atoms with Crippen LogP contribution in [0.3, 0.4) is 0 Å². The summed E-state index contributed by atoms with van der Waals surface area (Å²) in [6, 6.07) is 9.50. The molecule has 3 aromatic rings. The standard InChI is InChI=1S/C27H30F2N6O2S/c1-38(36)13-11-34-9-6-18(7-10-34)19-2-5-25-22(14-19)26-20(8-12-37-25)16-35(33-26)27(31-17-30)32-24-4-3-21(28)15-23(24)29/h2-5,14-18H,6-13H2,1H3,(H2,30,31,32). The zero-order chi connectivity index (χ0) is 26.6. The molecule has 1 unspecified atom stereocenters. The van der Waals surface area contributed by atoms with Crippen molar-refractivity contribution in [2.75, 3.05) is 43.6 Å². The molecular formula is C27H30F2N6O2S. The summed E-state index contributed by atoms with van der Waals surface area (Å²) in [5.74, 6) is 0.545. The fraction of sp³-hybridized carbons (Fsp3) is 0.370. The van der Waals surface area contributed by atoms with Crippen LogP contribution in [0.15, 0.2) is 47.6 Å². The highest BCUT2D eigenvalue weighted by molar-refractivity contribution is 7.90. The van der Waals surface area contributed by atoms with Gasteiger partial charge in [0.1, 0.15) is 29.5 Å². The van der Waals surface area contributed by atoms with Gasteiger partial charge in [0.15, 0.2) is 0 Å². The van der Waals surface area contributed by atoms with E-state index in [1.165, 1.54) is 16.3 Å². The lowest BCUT2D eigenvalue weighted by molar-refractivity contribution is 0.223. The minimum atomic E-state index is -0.777. The van der Waals surface area contributed by atoms with Crippen molar-refractivity contribution in [2.45, 2.75) is 25.2 Å². The summed E-state index contributed by atoms with van der Waals surface area (Å²) in [5, 5.41) is 15.1. The van der Waals surface area contributed by atoms with Crippen LogP contribution in [-0.4, -0.2) is 69.8 Å². The number of ether oxygens (including phenoxy) is 1. The molecule has 1 fully saturated rings. The zero-order valence-corrected chi connectivity index (χ0v) is 21.9. The first-order valence-corrected chi connectivity index (χ1v) is 14.3. The summed E-state index contributed by atoms with van der Waals surface area (Å²) in [4.78, 5) is 6.41. The zero-order valence-electron chi connectivity index (χ0n) is 21.1. The van der Waals surface area contributed by atoms with E-state index in [2.05, 4.69) is 27.3 Å². The van der Waals surface area contributed by atoms with E-state index in [0.717, 1.165) is 73.5 Å². The fourth-order valence-corrected chi connectivity index (χ4v) is 5.50. The first kappa shape index (κ1) is 26.3. The molecule has 0 bridgehead atoms. The van der Waals surface area contributed by atoms with E-state index in [4.69, 9.17) is 15.2 Å². The van der Waals surface area contributed by atoms with Crippen LogP contribution in [0, 0.1) is 17.0 Å². The van der Waals surface area contributed by atoms with Crippen LogP contribution >= 0.6 is 0 Å². The molecule has 2 aromatic carbocycles. The van der Waals surface area contributed by atoms with Crippen LogP contribution in [0.4, 0.5) is 14.5 Å². The number of anilines is 1. The largest absolute Gasteiger partial charge is 0.617 e. The third-order valence-electron chi connectivity index (χ3n) is 7.01. The number of fused-ring (bicyclic) bond motifs is 3. The molecule has 0 spiro atoms. The Hall–Kier alpha value is -3.28. The van der Waals surface area contributed by atoms with Crippen LogP contribution in [-0.2, 0) is 17.6 Å². The van der Waals surface area contributed by atoms with Crippen molar-refractivity contribution in [1.82, 2.24) is 14.7 Å². The molecule has 1 saturated heterocycles. The van der Waals surface area contributed by atoms with Crippen molar-refractivity contribution >= 4 is 29.2 Å².